The Hall–Kier alpha value is -3.32. The number of nitrogens with one attached hydrogen (secondary N) is 1. The molecule has 1 aliphatic heterocycles. The lowest BCUT2D eigenvalue weighted by molar-refractivity contribution is 0.206. The van der Waals surface area contributed by atoms with Crippen LogP contribution in [0.2, 0.25) is 0 Å². The zero-order chi connectivity index (χ0) is 20.2. The Bertz CT molecular complexity index is 1010. The lowest BCUT2D eigenvalue weighted by Crippen LogP contribution is -2.38. The van der Waals surface area contributed by atoms with E-state index in [1.165, 1.54) is 11.1 Å². The first-order valence-corrected chi connectivity index (χ1v) is 9.73. The van der Waals surface area contributed by atoms with Crippen LogP contribution in [-0.4, -0.2) is 40.4 Å². The molecule has 2 amide bonds. The molecule has 0 unspecified atom stereocenters. The maximum Gasteiger partial charge on any atom is 0.322 e. The standard InChI is InChI=1S/C22H25N5O2/c1-26-20(8-11-24-26)19-14-18(6-7-21(19)29-13-10-23)25-22(28)27-12-9-16-4-2-3-5-17(16)15-27/h2-8,11,14H,9-10,12-13,15,23H2,1H3,(H,25,28). The van der Waals surface area contributed by atoms with Crippen LogP contribution < -0.4 is 15.8 Å². The largest absolute Gasteiger partial charge is 0.492 e. The molecule has 0 aliphatic carbocycles. The fourth-order valence-electron chi connectivity index (χ4n) is 3.61. The molecule has 29 heavy (non-hydrogen) atoms. The number of aromatic nitrogens is 2. The number of hydrogen-bond donors (Lipinski definition) is 2. The Morgan fingerprint density at radius 3 is 2.79 bits per heavy atom. The van der Waals surface area contributed by atoms with Gasteiger partial charge < -0.3 is 20.7 Å². The van der Waals surface area contributed by atoms with Crippen LogP contribution in [0.15, 0.2) is 54.7 Å². The van der Waals surface area contributed by atoms with E-state index in [0.29, 0.717) is 37.7 Å². The molecule has 2 aromatic carbocycles. The second-order valence-corrected chi connectivity index (χ2v) is 7.06. The summed E-state index contributed by atoms with van der Waals surface area (Å²) < 4.78 is 7.57. The maximum atomic E-state index is 12.8. The van der Waals surface area contributed by atoms with Crippen LogP contribution in [0.1, 0.15) is 11.1 Å². The molecular weight excluding hydrogens is 366 g/mol. The zero-order valence-corrected chi connectivity index (χ0v) is 16.5. The number of hydrogen-bond acceptors (Lipinski definition) is 4. The molecular formula is C22H25N5O2. The molecule has 3 N–H and O–H groups in total. The predicted molar refractivity (Wildman–Crippen MR) is 113 cm³/mol. The Kier molecular flexibility index (Phi) is 5.48. The van der Waals surface area contributed by atoms with E-state index in [1.54, 1.807) is 10.9 Å². The summed E-state index contributed by atoms with van der Waals surface area (Å²) in [7, 11) is 1.87. The minimum absolute atomic E-state index is 0.105. The van der Waals surface area contributed by atoms with Crippen LogP contribution in [-0.2, 0) is 20.0 Å². The van der Waals surface area contributed by atoms with Gasteiger partial charge in [-0.15, -0.1) is 0 Å². The second kappa shape index (κ2) is 8.36. The number of aryl methyl sites for hydroxylation is 1. The highest BCUT2D eigenvalue weighted by molar-refractivity contribution is 5.90. The van der Waals surface area contributed by atoms with Crippen molar-refractivity contribution in [3.8, 4) is 17.0 Å². The van der Waals surface area contributed by atoms with Crippen LogP contribution in [0.3, 0.4) is 0 Å². The van der Waals surface area contributed by atoms with Crippen molar-refractivity contribution < 1.29 is 9.53 Å². The number of urea groups is 1. The van der Waals surface area contributed by atoms with Gasteiger partial charge in [-0.3, -0.25) is 4.68 Å². The van der Waals surface area contributed by atoms with Crippen LogP contribution in [0, 0.1) is 0 Å². The molecule has 0 saturated carbocycles. The normalized spacial score (nSPS) is 13.1. The minimum atomic E-state index is -0.105. The summed E-state index contributed by atoms with van der Waals surface area (Å²) in [4.78, 5) is 14.7. The van der Waals surface area contributed by atoms with Crippen molar-refractivity contribution in [2.24, 2.45) is 12.8 Å². The third-order valence-corrected chi connectivity index (χ3v) is 5.12. The molecule has 1 aromatic heterocycles. The van der Waals surface area contributed by atoms with E-state index >= 15 is 0 Å². The molecule has 0 spiro atoms. The molecule has 0 fully saturated rings. The van der Waals surface area contributed by atoms with Gasteiger partial charge in [0.25, 0.3) is 0 Å². The van der Waals surface area contributed by atoms with Crippen LogP contribution in [0.5, 0.6) is 5.75 Å². The van der Waals surface area contributed by atoms with Gasteiger partial charge >= 0.3 is 6.03 Å². The summed E-state index contributed by atoms with van der Waals surface area (Å²) in [6.45, 7) is 2.17. The third-order valence-electron chi connectivity index (χ3n) is 5.12. The fourth-order valence-corrected chi connectivity index (χ4v) is 3.61. The monoisotopic (exact) mass is 391 g/mol. The van der Waals surface area contributed by atoms with E-state index in [1.807, 2.05) is 48.3 Å². The van der Waals surface area contributed by atoms with Gasteiger partial charge in [0, 0.05) is 44.1 Å². The Labute approximate surface area is 170 Å². The minimum Gasteiger partial charge on any atom is -0.492 e. The summed E-state index contributed by atoms with van der Waals surface area (Å²) in [5, 5.41) is 7.27. The predicted octanol–water partition coefficient (Wildman–Crippen LogP) is 3.01. The Balaban J connectivity index is 1.54. The van der Waals surface area contributed by atoms with Crippen molar-refractivity contribution >= 4 is 11.7 Å². The molecule has 7 nitrogen and oxygen atoms in total. The molecule has 0 radical (unpaired) electrons. The van der Waals surface area contributed by atoms with E-state index in [9.17, 15) is 4.79 Å². The van der Waals surface area contributed by atoms with E-state index in [2.05, 4.69) is 22.5 Å². The Morgan fingerprint density at radius 2 is 2.03 bits per heavy atom. The molecule has 3 aromatic rings. The highest BCUT2D eigenvalue weighted by Gasteiger charge is 2.21. The number of carbonyl (C=O) groups is 1. The van der Waals surface area contributed by atoms with Crippen LogP contribution in [0.25, 0.3) is 11.3 Å². The molecule has 0 atom stereocenters. The Morgan fingerprint density at radius 1 is 1.21 bits per heavy atom. The second-order valence-electron chi connectivity index (χ2n) is 7.06. The molecule has 1 aliphatic rings. The third kappa shape index (κ3) is 4.09. The number of ether oxygens (including phenoxy) is 1. The first-order valence-electron chi connectivity index (χ1n) is 9.73. The molecule has 2 heterocycles. The van der Waals surface area contributed by atoms with Gasteiger partial charge in [-0.05, 0) is 41.8 Å². The molecule has 0 saturated heterocycles. The summed E-state index contributed by atoms with van der Waals surface area (Å²) in [5.74, 6) is 0.712. The number of benzene rings is 2. The highest BCUT2D eigenvalue weighted by atomic mass is 16.5. The number of carbonyl (C=O) groups excluding carboxylic acids is 1. The number of fused-ring (bicyclic) bond motifs is 1. The summed E-state index contributed by atoms with van der Waals surface area (Å²) in [5.41, 5.74) is 10.6. The lowest BCUT2D eigenvalue weighted by atomic mass is 10.0. The number of nitrogens with zero attached hydrogens (tertiary/aromatic N) is 3. The number of anilines is 1. The van der Waals surface area contributed by atoms with E-state index < -0.39 is 0 Å². The number of rotatable bonds is 5. The van der Waals surface area contributed by atoms with Gasteiger partial charge in [0.2, 0.25) is 0 Å². The SMILES string of the molecule is Cn1nccc1-c1cc(NC(=O)N2CCc3ccccc3C2)ccc1OCCN. The van der Waals surface area contributed by atoms with E-state index in [0.717, 1.165) is 17.7 Å². The topological polar surface area (TPSA) is 85.4 Å². The van der Waals surface area contributed by atoms with Crippen molar-refractivity contribution in [1.82, 2.24) is 14.7 Å². The maximum absolute atomic E-state index is 12.8. The first kappa shape index (κ1) is 19.0. The van der Waals surface area contributed by atoms with Gasteiger partial charge in [-0.2, -0.15) is 5.10 Å². The highest BCUT2D eigenvalue weighted by Crippen LogP contribution is 2.32. The van der Waals surface area contributed by atoms with E-state index in [-0.39, 0.29) is 6.03 Å². The van der Waals surface area contributed by atoms with Gasteiger partial charge in [-0.25, -0.2) is 4.79 Å². The fraction of sp³-hybridized carbons (Fsp3) is 0.273. The van der Waals surface area contributed by atoms with Crippen molar-refractivity contribution in [2.75, 3.05) is 25.0 Å². The van der Waals surface area contributed by atoms with Crippen LogP contribution in [0.4, 0.5) is 10.5 Å². The van der Waals surface area contributed by atoms with Crippen molar-refractivity contribution in [3.63, 3.8) is 0 Å². The average Bonchev–Trinajstić information content (AvgIpc) is 3.18. The molecule has 0 bridgehead atoms. The summed E-state index contributed by atoms with van der Waals surface area (Å²) in [6.07, 6.45) is 2.61. The zero-order valence-electron chi connectivity index (χ0n) is 16.5. The smallest absolute Gasteiger partial charge is 0.322 e. The molecule has 4 rings (SSSR count). The van der Waals surface area contributed by atoms with Gasteiger partial charge in [0.15, 0.2) is 0 Å². The average molecular weight is 391 g/mol. The molecule has 150 valence electrons. The van der Waals surface area contributed by atoms with Crippen molar-refractivity contribution in [3.05, 3.63) is 65.9 Å². The van der Waals surface area contributed by atoms with Crippen LogP contribution >= 0.6 is 0 Å². The first-order chi connectivity index (χ1) is 14.2. The lowest BCUT2D eigenvalue weighted by Gasteiger charge is -2.29. The van der Waals surface area contributed by atoms with Gasteiger partial charge in [0.1, 0.15) is 12.4 Å². The van der Waals surface area contributed by atoms with Gasteiger partial charge in [0.05, 0.1) is 5.69 Å². The number of nitrogens with two attached hydrogens (primary N) is 1. The van der Waals surface area contributed by atoms with Crippen molar-refractivity contribution in [2.45, 2.75) is 13.0 Å². The quantitative estimate of drug-likeness (QED) is 0.700. The van der Waals surface area contributed by atoms with Gasteiger partial charge in [-0.1, -0.05) is 24.3 Å². The summed E-state index contributed by atoms with van der Waals surface area (Å²) in [6, 6.07) is 15.7. The molecule has 7 heteroatoms. The number of amides is 2. The van der Waals surface area contributed by atoms with Crippen molar-refractivity contribution in [1.29, 1.82) is 0 Å². The summed E-state index contributed by atoms with van der Waals surface area (Å²) >= 11 is 0. The van der Waals surface area contributed by atoms with E-state index in [4.69, 9.17) is 10.5 Å².